The minimum atomic E-state index is -4.39. The highest BCUT2D eigenvalue weighted by atomic mass is 32.1. The van der Waals surface area contributed by atoms with Gasteiger partial charge in [0.1, 0.15) is 5.75 Å². The van der Waals surface area contributed by atoms with Crippen LogP contribution in [0.5, 0.6) is 10.8 Å². The Kier molecular flexibility index (Phi) is 3.64. The second kappa shape index (κ2) is 5.62. The first kappa shape index (κ1) is 16.2. The summed E-state index contributed by atoms with van der Waals surface area (Å²) in [6.45, 7) is 2.02. The number of fused-ring (bicyclic) bond motifs is 3. The second-order valence-electron chi connectivity index (χ2n) is 6.07. The van der Waals surface area contributed by atoms with E-state index in [0.29, 0.717) is 5.06 Å². The van der Waals surface area contributed by atoms with Gasteiger partial charge in [0.05, 0.1) is 23.0 Å². The molecule has 130 valence electrons. The molecule has 3 aromatic rings. The van der Waals surface area contributed by atoms with Crippen LogP contribution in [0.3, 0.4) is 0 Å². The third kappa shape index (κ3) is 2.72. The molecule has 0 amide bonds. The summed E-state index contributed by atoms with van der Waals surface area (Å²) in [7, 11) is 1.87. The Hall–Kier alpha value is -2.28. The van der Waals surface area contributed by atoms with Crippen LogP contribution in [0.15, 0.2) is 30.5 Å². The molecule has 4 rings (SSSR count). The maximum Gasteiger partial charge on any atom is 0.416 e. The van der Waals surface area contributed by atoms with Gasteiger partial charge in [-0.2, -0.15) is 18.3 Å². The molecule has 0 N–H and O–H groups in total. The molecule has 0 bridgehead atoms. The number of thiophene rings is 1. The van der Waals surface area contributed by atoms with E-state index in [0.717, 1.165) is 46.7 Å². The van der Waals surface area contributed by atoms with Crippen molar-refractivity contribution >= 4 is 11.3 Å². The predicted molar refractivity (Wildman–Crippen MR) is 90.2 cm³/mol. The first-order valence-electron chi connectivity index (χ1n) is 7.83. The number of aromatic nitrogens is 2. The molecule has 0 aliphatic heterocycles. The van der Waals surface area contributed by atoms with E-state index < -0.39 is 11.7 Å². The molecule has 1 aliphatic rings. The Morgan fingerprint density at radius 2 is 2.04 bits per heavy atom. The molecule has 0 spiro atoms. The van der Waals surface area contributed by atoms with Crippen molar-refractivity contribution in [3.63, 3.8) is 0 Å². The van der Waals surface area contributed by atoms with Gasteiger partial charge in [-0.3, -0.25) is 4.68 Å². The van der Waals surface area contributed by atoms with Crippen LogP contribution >= 0.6 is 11.3 Å². The molecular formula is C18H15F3N2OS. The summed E-state index contributed by atoms with van der Waals surface area (Å²) < 4.78 is 46.5. The van der Waals surface area contributed by atoms with E-state index in [4.69, 9.17) is 4.74 Å². The van der Waals surface area contributed by atoms with Crippen LogP contribution in [0.4, 0.5) is 13.2 Å². The highest BCUT2D eigenvalue weighted by Crippen LogP contribution is 2.48. The van der Waals surface area contributed by atoms with Gasteiger partial charge >= 0.3 is 6.18 Å². The summed E-state index contributed by atoms with van der Waals surface area (Å²) in [4.78, 5) is 1.13. The zero-order chi connectivity index (χ0) is 17.8. The van der Waals surface area contributed by atoms with Gasteiger partial charge in [-0.05, 0) is 49.1 Å². The summed E-state index contributed by atoms with van der Waals surface area (Å²) in [5.41, 5.74) is 3.58. The van der Waals surface area contributed by atoms with Crippen molar-refractivity contribution < 1.29 is 17.9 Å². The highest BCUT2D eigenvalue weighted by Gasteiger charge is 2.31. The number of halogens is 3. The summed E-state index contributed by atoms with van der Waals surface area (Å²) in [5.74, 6) is 0.188. The Balaban J connectivity index is 1.78. The van der Waals surface area contributed by atoms with Crippen molar-refractivity contribution in [2.24, 2.45) is 7.05 Å². The lowest BCUT2D eigenvalue weighted by atomic mass is 9.92. The van der Waals surface area contributed by atoms with Gasteiger partial charge in [0.2, 0.25) is 0 Å². The molecule has 7 heteroatoms. The fourth-order valence-electron chi connectivity index (χ4n) is 3.25. The van der Waals surface area contributed by atoms with E-state index in [1.165, 1.54) is 23.0 Å². The lowest BCUT2D eigenvalue weighted by Crippen LogP contribution is -2.06. The van der Waals surface area contributed by atoms with E-state index in [1.807, 2.05) is 20.2 Å². The van der Waals surface area contributed by atoms with E-state index in [2.05, 4.69) is 5.10 Å². The standard InChI is InChI=1S/C18H15F3N2OS/c1-10-14-7-6-11-9-22-23(2)16(11)15(14)17(25-10)24-13-5-3-4-12(8-13)18(19,20)21/h3-5,8-9H,6-7H2,1-2H3. The number of hydrogen-bond acceptors (Lipinski definition) is 3. The summed E-state index contributed by atoms with van der Waals surface area (Å²) in [5, 5.41) is 4.94. The van der Waals surface area contributed by atoms with Gasteiger partial charge in [0, 0.05) is 11.9 Å². The Bertz CT molecular complexity index is 956. The fourth-order valence-corrected chi connectivity index (χ4v) is 4.32. The van der Waals surface area contributed by atoms with E-state index in [1.54, 1.807) is 10.7 Å². The van der Waals surface area contributed by atoms with Crippen LogP contribution in [0.1, 0.15) is 21.6 Å². The van der Waals surface area contributed by atoms with Gasteiger partial charge in [-0.25, -0.2) is 0 Å². The molecule has 1 aliphatic carbocycles. The van der Waals surface area contributed by atoms with E-state index >= 15 is 0 Å². The summed E-state index contributed by atoms with van der Waals surface area (Å²) in [6.07, 6.45) is -0.738. The molecule has 0 fully saturated rings. The SMILES string of the molecule is Cc1sc(Oc2cccc(C(F)(F)F)c2)c2c1CCc1cnn(C)c1-2. The largest absolute Gasteiger partial charge is 0.446 e. The highest BCUT2D eigenvalue weighted by molar-refractivity contribution is 7.14. The quantitative estimate of drug-likeness (QED) is 0.611. The lowest BCUT2D eigenvalue weighted by molar-refractivity contribution is -0.137. The topological polar surface area (TPSA) is 27.1 Å². The average molecular weight is 364 g/mol. The molecule has 2 aromatic heterocycles. The number of hydrogen-bond donors (Lipinski definition) is 0. The van der Waals surface area contributed by atoms with Crippen molar-refractivity contribution in [1.29, 1.82) is 0 Å². The smallest absolute Gasteiger partial charge is 0.416 e. The molecule has 0 saturated carbocycles. The summed E-state index contributed by atoms with van der Waals surface area (Å²) in [6, 6.07) is 4.99. The Labute approximate surface area is 146 Å². The van der Waals surface area contributed by atoms with Crippen molar-refractivity contribution in [2.75, 3.05) is 0 Å². The third-order valence-electron chi connectivity index (χ3n) is 4.44. The van der Waals surface area contributed by atoms with Crippen molar-refractivity contribution in [2.45, 2.75) is 25.9 Å². The molecule has 0 atom stereocenters. The van der Waals surface area contributed by atoms with Crippen LogP contribution in [-0.2, 0) is 26.1 Å². The van der Waals surface area contributed by atoms with Crippen molar-refractivity contribution in [3.8, 4) is 22.1 Å². The predicted octanol–water partition coefficient (Wildman–Crippen LogP) is 5.37. The van der Waals surface area contributed by atoms with Gasteiger partial charge in [0.15, 0.2) is 5.06 Å². The molecule has 25 heavy (non-hydrogen) atoms. The second-order valence-corrected chi connectivity index (χ2v) is 7.26. The minimum absolute atomic E-state index is 0.188. The lowest BCUT2D eigenvalue weighted by Gasteiger charge is -2.16. The van der Waals surface area contributed by atoms with Gasteiger partial charge in [-0.1, -0.05) is 6.07 Å². The molecule has 2 heterocycles. The molecule has 3 nitrogen and oxygen atoms in total. The average Bonchev–Trinajstić information content (AvgIpc) is 3.08. The number of ether oxygens (including phenoxy) is 1. The van der Waals surface area contributed by atoms with Gasteiger partial charge in [-0.15, -0.1) is 11.3 Å². The number of alkyl halides is 3. The third-order valence-corrected chi connectivity index (χ3v) is 5.47. The zero-order valence-electron chi connectivity index (χ0n) is 13.6. The molecule has 1 aromatic carbocycles. The number of rotatable bonds is 2. The van der Waals surface area contributed by atoms with Crippen LogP contribution in [-0.4, -0.2) is 9.78 Å². The van der Waals surface area contributed by atoms with Crippen LogP contribution in [0.25, 0.3) is 11.3 Å². The van der Waals surface area contributed by atoms with Crippen molar-refractivity contribution in [3.05, 3.63) is 52.0 Å². The first-order valence-corrected chi connectivity index (χ1v) is 8.65. The number of aryl methyl sites for hydroxylation is 3. The van der Waals surface area contributed by atoms with Crippen molar-refractivity contribution in [1.82, 2.24) is 9.78 Å². The Morgan fingerprint density at radius 1 is 1.24 bits per heavy atom. The zero-order valence-corrected chi connectivity index (χ0v) is 14.5. The van der Waals surface area contributed by atoms with E-state index in [-0.39, 0.29) is 5.75 Å². The molecule has 0 unspecified atom stereocenters. The molecule has 0 radical (unpaired) electrons. The maximum atomic E-state index is 12.9. The first-order chi connectivity index (χ1) is 11.8. The fraction of sp³-hybridized carbons (Fsp3) is 0.278. The Morgan fingerprint density at radius 3 is 2.80 bits per heavy atom. The van der Waals surface area contributed by atoms with Crippen LogP contribution in [0, 0.1) is 6.92 Å². The molecular weight excluding hydrogens is 349 g/mol. The molecule has 0 saturated heterocycles. The normalized spacial score (nSPS) is 13.5. The number of benzene rings is 1. The van der Waals surface area contributed by atoms with Gasteiger partial charge in [0.25, 0.3) is 0 Å². The minimum Gasteiger partial charge on any atom is -0.446 e. The van der Waals surface area contributed by atoms with Gasteiger partial charge < -0.3 is 4.74 Å². The maximum absolute atomic E-state index is 12.9. The van der Waals surface area contributed by atoms with Crippen LogP contribution < -0.4 is 4.74 Å². The number of nitrogens with zero attached hydrogens (tertiary/aromatic N) is 2. The summed E-state index contributed by atoms with van der Waals surface area (Å²) >= 11 is 1.47. The van der Waals surface area contributed by atoms with E-state index in [9.17, 15) is 13.2 Å². The monoisotopic (exact) mass is 364 g/mol. The van der Waals surface area contributed by atoms with Crippen LogP contribution in [0.2, 0.25) is 0 Å².